The van der Waals surface area contributed by atoms with Crippen molar-refractivity contribution in [3.8, 4) is 0 Å². The van der Waals surface area contributed by atoms with E-state index >= 15 is 0 Å². The highest BCUT2D eigenvalue weighted by molar-refractivity contribution is 5.91. The Morgan fingerprint density at radius 1 is 0.433 bits per heavy atom. The van der Waals surface area contributed by atoms with Crippen LogP contribution in [0.4, 0.5) is 0 Å². The minimum Gasteiger partial charge on any atom is -0.463 e. The molecular formula is C42H44O18. The molecule has 2 saturated heterocycles. The second-order valence-electron chi connectivity index (χ2n) is 13.4. The molecule has 0 unspecified atom stereocenters. The van der Waals surface area contributed by atoms with Gasteiger partial charge in [-0.3, -0.25) is 19.2 Å². The van der Waals surface area contributed by atoms with Crippen molar-refractivity contribution < 1.29 is 85.7 Å². The predicted molar refractivity (Wildman–Crippen MR) is 201 cm³/mol. The first-order valence-corrected chi connectivity index (χ1v) is 18.6. The first-order chi connectivity index (χ1) is 28.7. The monoisotopic (exact) mass is 836 g/mol. The number of hydrogen-bond donors (Lipinski definition) is 0. The lowest BCUT2D eigenvalue weighted by atomic mass is 9.97. The van der Waals surface area contributed by atoms with Gasteiger partial charge in [0.15, 0.2) is 49.2 Å². The van der Waals surface area contributed by atoms with E-state index in [9.17, 15) is 33.6 Å². The zero-order chi connectivity index (χ0) is 43.3. The Kier molecular flexibility index (Phi) is 15.8. The second-order valence-corrected chi connectivity index (χ2v) is 13.4. The summed E-state index contributed by atoms with van der Waals surface area (Å²) in [6.07, 6.45) is -15.5. The first kappa shape index (κ1) is 44.9. The molecule has 0 radical (unpaired) electrons. The van der Waals surface area contributed by atoms with Gasteiger partial charge in [-0.05, 0) is 36.4 Å². The molecule has 5 rings (SSSR count). The van der Waals surface area contributed by atoms with Gasteiger partial charge in [0.1, 0.15) is 18.8 Å². The molecule has 10 atom stereocenters. The first-order valence-electron chi connectivity index (χ1n) is 18.6. The van der Waals surface area contributed by atoms with Crippen molar-refractivity contribution in [1.82, 2.24) is 0 Å². The number of ether oxygens (including phenoxy) is 11. The summed E-state index contributed by atoms with van der Waals surface area (Å²) in [5, 5.41) is 0. The zero-order valence-electron chi connectivity index (χ0n) is 33.2. The van der Waals surface area contributed by atoms with Gasteiger partial charge in [-0.15, -0.1) is 0 Å². The van der Waals surface area contributed by atoms with Crippen LogP contribution in [0.5, 0.6) is 0 Å². The number of carbonyl (C=O) groups is 7. The summed E-state index contributed by atoms with van der Waals surface area (Å²) in [5.41, 5.74) is 0.327. The zero-order valence-corrected chi connectivity index (χ0v) is 33.2. The average Bonchev–Trinajstić information content (AvgIpc) is 3.22. The maximum Gasteiger partial charge on any atom is 0.338 e. The van der Waals surface area contributed by atoms with Crippen LogP contribution in [0.25, 0.3) is 0 Å². The molecule has 60 heavy (non-hydrogen) atoms. The highest BCUT2D eigenvalue weighted by Crippen LogP contribution is 2.34. The third-order valence-corrected chi connectivity index (χ3v) is 8.95. The van der Waals surface area contributed by atoms with Crippen LogP contribution in [0.1, 0.15) is 58.8 Å². The molecule has 0 spiro atoms. The van der Waals surface area contributed by atoms with E-state index in [1.807, 2.05) is 0 Å². The molecule has 18 heteroatoms. The summed E-state index contributed by atoms with van der Waals surface area (Å²) in [4.78, 5) is 90.0. The third-order valence-electron chi connectivity index (χ3n) is 8.95. The summed E-state index contributed by atoms with van der Waals surface area (Å²) >= 11 is 0. The van der Waals surface area contributed by atoms with Gasteiger partial charge in [-0.2, -0.15) is 0 Å². The Morgan fingerprint density at radius 3 is 1.23 bits per heavy atom. The number of esters is 7. The molecule has 3 aromatic carbocycles. The largest absolute Gasteiger partial charge is 0.463 e. The van der Waals surface area contributed by atoms with Crippen LogP contribution >= 0.6 is 0 Å². The van der Waals surface area contributed by atoms with E-state index in [0.29, 0.717) is 0 Å². The Morgan fingerprint density at radius 2 is 0.783 bits per heavy atom. The summed E-state index contributed by atoms with van der Waals surface area (Å²) in [7, 11) is 1.23. The summed E-state index contributed by atoms with van der Waals surface area (Å²) in [6.45, 7) is 3.14. The van der Waals surface area contributed by atoms with Crippen molar-refractivity contribution in [2.45, 2.75) is 89.1 Å². The average molecular weight is 837 g/mol. The van der Waals surface area contributed by atoms with Gasteiger partial charge in [-0.1, -0.05) is 54.6 Å². The third kappa shape index (κ3) is 11.9. The fourth-order valence-corrected chi connectivity index (χ4v) is 6.41. The van der Waals surface area contributed by atoms with Crippen LogP contribution in [-0.4, -0.2) is 124 Å². The van der Waals surface area contributed by atoms with E-state index < -0.39 is 116 Å². The fraction of sp³-hybridized carbons (Fsp3) is 0.405. The maximum atomic E-state index is 13.8. The molecule has 0 N–H and O–H groups in total. The molecule has 2 heterocycles. The van der Waals surface area contributed by atoms with Crippen molar-refractivity contribution >= 4 is 41.8 Å². The van der Waals surface area contributed by atoms with Crippen molar-refractivity contribution in [1.29, 1.82) is 0 Å². The minimum atomic E-state index is -1.68. The molecule has 0 bridgehead atoms. The molecule has 320 valence electrons. The second kappa shape index (κ2) is 21.2. The topological polar surface area (TPSA) is 221 Å². The smallest absolute Gasteiger partial charge is 0.338 e. The van der Waals surface area contributed by atoms with Crippen LogP contribution in [0.3, 0.4) is 0 Å². The summed E-state index contributed by atoms with van der Waals surface area (Å²) in [6, 6.07) is 23.6. The van der Waals surface area contributed by atoms with Gasteiger partial charge in [0, 0.05) is 34.8 Å². The lowest BCUT2D eigenvalue weighted by Gasteiger charge is -2.46. The van der Waals surface area contributed by atoms with Crippen LogP contribution in [0.2, 0.25) is 0 Å². The van der Waals surface area contributed by atoms with Gasteiger partial charge < -0.3 is 52.1 Å². The van der Waals surface area contributed by atoms with E-state index in [1.54, 1.807) is 54.6 Å². The van der Waals surface area contributed by atoms with Gasteiger partial charge in [0.25, 0.3) is 0 Å². The molecule has 0 aliphatic carbocycles. The number of hydrogen-bond acceptors (Lipinski definition) is 18. The quantitative estimate of drug-likeness (QED) is 0.158. The van der Waals surface area contributed by atoms with E-state index in [4.69, 9.17) is 52.1 Å². The normalized spacial score (nSPS) is 26.0. The molecule has 0 saturated carbocycles. The van der Waals surface area contributed by atoms with E-state index in [1.165, 1.54) is 43.5 Å². The van der Waals surface area contributed by atoms with Crippen LogP contribution in [0, 0.1) is 0 Å². The Balaban J connectivity index is 1.55. The van der Waals surface area contributed by atoms with Crippen molar-refractivity contribution in [2.75, 3.05) is 20.3 Å². The van der Waals surface area contributed by atoms with Crippen LogP contribution in [-0.2, 0) is 71.3 Å². The molecule has 2 aliphatic heterocycles. The molecule has 0 amide bonds. The molecule has 0 aromatic heterocycles. The highest BCUT2D eigenvalue weighted by Gasteiger charge is 2.56. The summed E-state index contributed by atoms with van der Waals surface area (Å²) < 4.78 is 63.7. The van der Waals surface area contributed by atoms with Gasteiger partial charge in [-0.25, -0.2) is 14.4 Å². The van der Waals surface area contributed by atoms with E-state index in [-0.39, 0.29) is 16.7 Å². The fourth-order valence-electron chi connectivity index (χ4n) is 6.41. The SMILES string of the molecule is CO[C@@H]1O[C@H](CO[C@@H]2O[C@H](COC(C)=O)[C@@H](OC(C)=O)[C@H](OC(C)=O)[C@H]2OC(C)=O)[C@H](OC(=O)c2ccccc2)[C@H](OC(=O)c2ccccc2)[C@H]1OC(=O)c1ccccc1. The number of carbonyl (C=O) groups excluding carboxylic acids is 7. The predicted octanol–water partition coefficient (Wildman–Crippen LogP) is 3.13. The van der Waals surface area contributed by atoms with Gasteiger partial charge in [0.2, 0.25) is 0 Å². The van der Waals surface area contributed by atoms with Gasteiger partial charge >= 0.3 is 41.8 Å². The van der Waals surface area contributed by atoms with Crippen molar-refractivity contribution in [3.63, 3.8) is 0 Å². The lowest BCUT2D eigenvalue weighted by molar-refractivity contribution is -0.329. The number of rotatable bonds is 15. The molecule has 3 aromatic rings. The van der Waals surface area contributed by atoms with E-state index in [2.05, 4.69) is 0 Å². The number of benzene rings is 3. The van der Waals surface area contributed by atoms with Crippen molar-refractivity contribution in [2.24, 2.45) is 0 Å². The molecule has 18 nitrogen and oxygen atoms in total. The summed E-state index contributed by atoms with van der Waals surface area (Å²) in [5.74, 6) is -5.96. The lowest BCUT2D eigenvalue weighted by Crippen LogP contribution is -2.65. The molecule has 2 fully saturated rings. The van der Waals surface area contributed by atoms with Gasteiger partial charge in [0.05, 0.1) is 23.3 Å². The molecular weight excluding hydrogens is 792 g/mol. The molecule has 2 aliphatic rings. The van der Waals surface area contributed by atoms with Crippen molar-refractivity contribution in [3.05, 3.63) is 108 Å². The van der Waals surface area contributed by atoms with Crippen LogP contribution in [0.15, 0.2) is 91.0 Å². The minimum absolute atomic E-state index is 0.0941. The standard InChI is InChI=1S/C42H44O18/c1-23(43)51-21-30-32(53-24(2)44)34(54-25(3)45)37(55-26(4)46)42(57-30)52-22-31-33(58-38(47)27-15-9-6-10-16-27)35(59-39(48)28-17-11-7-12-18-28)36(41(50-5)56-31)60-40(49)29-19-13-8-14-20-29/h6-20,30-37,41-42H,21-22H2,1-5H3/t30-,31-,32-,33+,34+,35+,36-,37-,41-,42-/m1/s1. The Bertz CT molecular complexity index is 1960. The van der Waals surface area contributed by atoms with E-state index in [0.717, 1.165) is 27.7 Å². The highest BCUT2D eigenvalue weighted by atomic mass is 16.8. The van der Waals surface area contributed by atoms with Crippen LogP contribution < -0.4 is 0 Å². The number of methoxy groups -OCH3 is 1. The Hall–Kier alpha value is -6.21. The Labute approximate surface area is 344 Å². The maximum absolute atomic E-state index is 13.8.